The van der Waals surface area contributed by atoms with Crippen LogP contribution in [0.3, 0.4) is 0 Å². The van der Waals surface area contributed by atoms with Crippen LogP contribution in [0.5, 0.6) is 5.75 Å². The van der Waals surface area contributed by atoms with Crippen LogP contribution in [-0.4, -0.2) is 11.0 Å². The number of nitrogens with one attached hydrogen (secondary N) is 1. The highest BCUT2D eigenvalue weighted by Gasteiger charge is 2.24. The third-order valence-corrected chi connectivity index (χ3v) is 1.87. The van der Waals surface area contributed by atoms with Crippen LogP contribution < -0.4 is 5.32 Å². The first-order chi connectivity index (χ1) is 5.70. The van der Waals surface area contributed by atoms with Gasteiger partial charge in [0, 0.05) is 6.54 Å². The molecule has 2 N–H and O–H groups in total. The van der Waals surface area contributed by atoms with Crippen LogP contribution in [0.15, 0.2) is 12.1 Å². The van der Waals surface area contributed by atoms with E-state index in [2.05, 4.69) is 5.32 Å². The van der Waals surface area contributed by atoms with Gasteiger partial charge in [-0.1, -0.05) is 6.07 Å². The maximum absolute atomic E-state index is 13.0. The highest BCUT2D eigenvalue weighted by Crippen LogP contribution is 2.25. The van der Waals surface area contributed by atoms with Gasteiger partial charge in [0.25, 0.3) is 5.91 Å². The van der Waals surface area contributed by atoms with Gasteiger partial charge < -0.3 is 10.4 Å². The molecule has 0 fully saturated rings. The van der Waals surface area contributed by atoms with E-state index in [1.807, 2.05) is 0 Å². The molecule has 1 aliphatic heterocycles. The molecule has 3 nitrogen and oxygen atoms in total. The number of carbonyl (C=O) groups is 1. The smallest absolute Gasteiger partial charge is 0.255 e. The number of fused-ring (bicyclic) bond motifs is 1. The van der Waals surface area contributed by atoms with Gasteiger partial charge in [0.05, 0.1) is 5.56 Å². The van der Waals surface area contributed by atoms with Crippen LogP contribution in [-0.2, 0) is 6.54 Å². The number of phenols is 1. The van der Waals surface area contributed by atoms with Crippen molar-refractivity contribution in [1.29, 1.82) is 0 Å². The fourth-order valence-electron chi connectivity index (χ4n) is 1.26. The van der Waals surface area contributed by atoms with Crippen molar-refractivity contribution in [2.24, 2.45) is 0 Å². The molecule has 12 heavy (non-hydrogen) atoms. The van der Waals surface area contributed by atoms with Gasteiger partial charge in [0.1, 0.15) is 0 Å². The average molecular weight is 167 g/mol. The maximum Gasteiger partial charge on any atom is 0.255 e. The second-order valence-electron chi connectivity index (χ2n) is 2.62. The number of rotatable bonds is 0. The lowest BCUT2D eigenvalue weighted by Gasteiger charge is -1.98. The van der Waals surface area contributed by atoms with Crippen molar-refractivity contribution < 1.29 is 14.3 Å². The highest BCUT2D eigenvalue weighted by atomic mass is 19.1. The molecule has 1 aliphatic rings. The Morgan fingerprint density at radius 1 is 1.50 bits per heavy atom. The molecule has 0 saturated carbocycles. The van der Waals surface area contributed by atoms with E-state index in [4.69, 9.17) is 5.11 Å². The molecule has 0 saturated heterocycles. The molecule has 0 atom stereocenters. The number of aromatic hydroxyl groups is 1. The SMILES string of the molecule is O=C1NCc2ccc(O)c(F)c21. The second kappa shape index (κ2) is 2.20. The molecule has 1 aromatic carbocycles. The zero-order valence-corrected chi connectivity index (χ0v) is 6.10. The lowest BCUT2D eigenvalue weighted by Crippen LogP contribution is -2.13. The second-order valence-corrected chi connectivity index (χ2v) is 2.62. The highest BCUT2D eigenvalue weighted by molar-refractivity contribution is 5.98. The van der Waals surface area contributed by atoms with E-state index in [1.54, 1.807) is 0 Å². The van der Waals surface area contributed by atoms with Crippen molar-refractivity contribution in [1.82, 2.24) is 5.32 Å². The molecule has 0 aromatic heterocycles. The van der Waals surface area contributed by atoms with E-state index in [-0.39, 0.29) is 5.56 Å². The number of hydrogen-bond acceptors (Lipinski definition) is 2. The Labute approximate surface area is 67.8 Å². The topological polar surface area (TPSA) is 49.3 Å². The maximum atomic E-state index is 13.0. The van der Waals surface area contributed by atoms with Crippen molar-refractivity contribution in [2.75, 3.05) is 0 Å². The standard InChI is InChI=1S/C8H6FNO2/c9-7-5(11)2-1-4-3-10-8(12)6(4)7/h1-2,11H,3H2,(H,10,12). The Morgan fingerprint density at radius 3 is 3.00 bits per heavy atom. The molecule has 1 amide bonds. The molecule has 1 heterocycles. The van der Waals surface area contributed by atoms with Crippen molar-refractivity contribution in [3.05, 3.63) is 29.1 Å². The first-order valence-corrected chi connectivity index (χ1v) is 3.48. The zero-order chi connectivity index (χ0) is 8.72. The van der Waals surface area contributed by atoms with Crippen molar-refractivity contribution >= 4 is 5.91 Å². The van der Waals surface area contributed by atoms with Crippen molar-refractivity contribution in [2.45, 2.75) is 6.54 Å². The Kier molecular flexibility index (Phi) is 1.30. The Balaban J connectivity index is 2.71. The number of phenolic OH excluding ortho intramolecular Hbond substituents is 1. The first kappa shape index (κ1) is 7.09. The van der Waals surface area contributed by atoms with Crippen LogP contribution in [0.1, 0.15) is 15.9 Å². The molecule has 0 aliphatic carbocycles. The molecule has 1 aromatic rings. The Morgan fingerprint density at radius 2 is 2.25 bits per heavy atom. The number of carbonyl (C=O) groups excluding carboxylic acids is 1. The summed E-state index contributed by atoms with van der Waals surface area (Å²) in [6.07, 6.45) is 0. The fourth-order valence-corrected chi connectivity index (χ4v) is 1.26. The minimum absolute atomic E-state index is 0.0324. The van der Waals surface area contributed by atoms with E-state index in [0.29, 0.717) is 12.1 Å². The number of halogens is 1. The van der Waals surface area contributed by atoms with E-state index < -0.39 is 17.5 Å². The largest absolute Gasteiger partial charge is 0.505 e. The predicted molar refractivity (Wildman–Crippen MR) is 39.2 cm³/mol. The monoisotopic (exact) mass is 167 g/mol. The molecular formula is C8H6FNO2. The summed E-state index contributed by atoms with van der Waals surface area (Å²) < 4.78 is 13.0. The predicted octanol–water partition coefficient (Wildman–Crippen LogP) is 0.775. The van der Waals surface area contributed by atoms with Gasteiger partial charge >= 0.3 is 0 Å². The Hall–Kier alpha value is -1.58. The molecule has 0 bridgehead atoms. The summed E-state index contributed by atoms with van der Waals surface area (Å²) in [5.74, 6) is -1.77. The lowest BCUT2D eigenvalue weighted by atomic mass is 10.1. The first-order valence-electron chi connectivity index (χ1n) is 3.48. The van der Waals surface area contributed by atoms with E-state index in [0.717, 1.165) is 0 Å². The lowest BCUT2D eigenvalue weighted by molar-refractivity contribution is 0.0961. The summed E-state index contributed by atoms with van der Waals surface area (Å²) in [4.78, 5) is 11.0. The van der Waals surface area contributed by atoms with Gasteiger partial charge in [0.15, 0.2) is 11.6 Å². The van der Waals surface area contributed by atoms with Crippen LogP contribution in [0.4, 0.5) is 4.39 Å². The number of benzene rings is 1. The summed E-state index contributed by atoms with van der Waals surface area (Å²) >= 11 is 0. The van der Waals surface area contributed by atoms with E-state index in [9.17, 15) is 9.18 Å². The van der Waals surface area contributed by atoms with Gasteiger partial charge in [0.2, 0.25) is 0 Å². The fraction of sp³-hybridized carbons (Fsp3) is 0.125. The summed E-state index contributed by atoms with van der Waals surface area (Å²) in [5, 5.41) is 11.4. The van der Waals surface area contributed by atoms with Gasteiger partial charge in [-0.25, -0.2) is 4.39 Å². The molecule has 0 unspecified atom stereocenters. The van der Waals surface area contributed by atoms with Gasteiger partial charge in [-0.3, -0.25) is 4.79 Å². The summed E-state index contributed by atoms with van der Waals surface area (Å²) in [5.41, 5.74) is 0.560. The minimum Gasteiger partial charge on any atom is -0.505 e. The number of hydrogen-bond donors (Lipinski definition) is 2. The normalized spacial score (nSPS) is 14.2. The summed E-state index contributed by atoms with van der Waals surface area (Å²) in [6.45, 7) is 0.339. The summed E-state index contributed by atoms with van der Waals surface area (Å²) in [6, 6.07) is 2.78. The van der Waals surface area contributed by atoms with Crippen LogP contribution in [0.25, 0.3) is 0 Å². The molecule has 2 rings (SSSR count). The molecule has 0 radical (unpaired) electrons. The van der Waals surface area contributed by atoms with Crippen molar-refractivity contribution in [3.63, 3.8) is 0 Å². The average Bonchev–Trinajstić information content (AvgIpc) is 2.41. The molecule has 62 valence electrons. The summed E-state index contributed by atoms with van der Waals surface area (Å²) in [7, 11) is 0. The molecular weight excluding hydrogens is 161 g/mol. The quantitative estimate of drug-likeness (QED) is 0.599. The van der Waals surface area contributed by atoms with Crippen LogP contribution >= 0.6 is 0 Å². The van der Waals surface area contributed by atoms with E-state index in [1.165, 1.54) is 12.1 Å². The van der Waals surface area contributed by atoms with Crippen LogP contribution in [0.2, 0.25) is 0 Å². The van der Waals surface area contributed by atoms with Gasteiger partial charge in [-0.15, -0.1) is 0 Å². The number of amides is 1. The third kappa shape index (κ3) is 0.777. The van der Waals surface area contributed by atoms with Crippen molar-refractivity contribution in [3.8, 4) is 5.75 Å². The van der Waals surface area contributed by atoms with Crippen LogP contribution in [0, 0.1) is 5.82 Å². The zero-order valence-electron chi connectivity index (χ0n) is 6.10. The minimum atomic E-state index is -0.831. The van der Waals surface area contributed by atoms with Gasteiger partial charge in [-0.2, -0.15) is 0 Å². The molecule has 0 spiro atoms. The third-order valence-electron chi connectivity index (χ3n) is 1.87. The van der Waals surface area contributed by atoms with E-state index >= 15 is 0 Å². The Bertz CT molecular complexity index is 362. The molecule has 4 heteroatoms. The van der Waals surface area contributed by atoms with Gasteiger partial charge in [-0.05, 0) is 11.6 Å².